The maximum Gasteiger partial charge on any atom is 0.234 e. The Balaban J connectivity index is 1.59. The summed E-state index contributed by atoms with van der Waals surface area (Å²) >= 11 is 4.82. The molecule has 21 heavy (non-hydrogen) atoms. The number of aryl methyl sites for hydroxylation is 2. The molecule has 0 aliphatic heterocycles. The van der Waals surface area contributed by atoms with Crippen LogP contribution in [0, 0.1) is 6.92 Å². The first-order valence-electron chi connectivity index (χ1n) is 6.35. The summed E-state index contributed by atoms with van der Waals surface area (Å²) in [4.78, 5) is 12.7. The van der Waals surface area contributed by atoms with E-state index in [9.17, 15) is 4.79 Å². The number of benzene rings is 1. The van der Waals surface area contributed by atoms with Gasteiger partial charge in [0.1, 0.15) is 5.01 Å². The highest BCUT2D eigenvalue weighted by Gasteiger charge is 2.10. The first-order chi connectivity index (χ1) is 10.1. The molecule has 0 fully saturated rings. The van der Waals surface area contributed by atoms with Crippen LogP contribution >= 0.6 is 27.3 Å². The number of anilines is 1. The van der Waals surface area contributed by atoms with E-state index in [0.29, 0.717) is 12.8 Å². The standard InChI is InChI=1S/C13H12BrN5OS/c1-8-16-17-13-19(8)18-12(21-13)7-6-11(20)15-10-4-2-9(14)3-5-10/h2-5H,6-7H2,1H3,(H,15,20). The Morgan fingerprint density at radius 1 is 1.33 bits per heavy atom. The van der Waals surface area contributed by atoms with Crippen molar-refractivity contribution in [1.82, 2.24) is 19.8 Å². The Morgan fingerprint density at radius 2 is 2.10 bits per heavy atom. The summed E-state index contributed by atoms with van der Waals surface area (Å²) in [5, 5.41) is 16.1. The van der Waals surface area contributed by atoms with Crippen molar-refractivity contribution in [2.45, 2.75) is 19.8 Å². The lowest BCUT2D eigenvalue weighted by Gasteiger charge is -2.04. The van der Waals surface area contributed by atoms with Crippen LogP contribution in [0.5, 0.6) is 0 Å². The average molecular weight is 366 g/mol. The van der Waals surface area contributed by atoms with Crippen LogP contribution in [0.3, 0.4) is 0 Å². The summed E-state index contributed by atoms with van der Waals surface area (Å²) in [7, 11) is 0. The highest BCUT2D eigenvalue weighted by atomic mass is 79.9. The molecule has 2 heterocycles. The Labute approximate surface area is 133 Å². The largest absolute Gasteiger partial charge is 0.326 e. The van der Waals surface area contributed by atoms with E-state index in [1.807, 2.05) is 31.2 Å². The monoisotopic (exact) mass is 365 g/mol. The van der Waals surface area contributed by atoms with Crippen LogP contribution in [0.1, 0.15) is 17.3 Å². The highest BCUT2D eigenvalue weighted by Crippen LogP contribution is 2.17. The van der Waals surface area contributed by atoms with Crippen LogP contribution in [0.25, 0.3) is 4.96 Å². The molecule has 3 aromatic rings. The molecule has 1 aromatic carbocycles. The molecule has 8 heteroatoms. The number of amides is 1. The SMILES string of the molecule is Cc1nnc2sc(CCC(=O)Nc3ccc(Br)cc3)nn12. The van der Waals surface area contributed by atoms with Crippen molar-refractivity contribution in [2.24, 2.45) is 0 Å². The van der Waals surface area contributed by atoms with Crippen molar-refractivity contribution in [2.75, 3.05) is 5.32 Å². The summed E-state index contributed by atoms with van der Waals surface area (Å²) in [5.41, 5.74) is 0.789. The minimum Gasteiger partial charge on any atom is -0.326 e. The number of nitrogens with one attached hydrogen (secondary N) is 1. The topological polar surface area (TPSA) is 72.2 Å². The summed E-state index contributed by atoms with van der Waals surface area (Å²) in [5.74, 6) is 0.729. The molecule has 108 valence electrons. The number of rotatable bonds is 4. The number of fused-ring (bicyclic) bond motifs is 1. The van der Waals surface area contributed by atoms with Crippen molar-refractivity contribution in [3.63, 3.8) is 0 Å². The Bertz CT molecular complexity index is 780. The van der Waals surface area contributed by atoms with Crippen LogP contribution in [-0.4, -0.2) is 25.7 Å². The van der Waals surface area contributed by atoms with Gasteiger partial charge in [0.2, 0.25) is 10.9 Å². The van der Waals surface area contributed by atoms with E-state index in [2.05, 4.69) is 36.5 Å². The average Bonchev–Trinajstić information content (AvgIpc) is 3.02. The molecule has 0 radical (unpaired) electrons. The third-order valence-electron chi connectivity index (χ3n) is 2.88. The number of hydrogen-bond donors (Lipinski definition) is 1. The zero-order valence-electron chi connectivity index (χ0n) is 11.2. The molecular weight excluding hydrogens is 354 g/mol. The fourth-order valence-corrected chi connectivity index (χ4v) is 2.98. The van der Waals surface area contributed by atoms with Gasteiger partial charge in [0.05, 0.1) is 0 Å². The van der Waals surface area contributed by atoms with Crippen molar-refractivity contribution < 1.29 is 4.79 Å². The van der Waals surface area contributed by atoms with Crippen molar-refractivity contribution in [3.05, 3.63) is 39.6 Å². The second-order valence-electron chi connectivity index (χ2n) is 4.49. The molecule has 3 rings (SSSR count). The zero-order valence-corrected chi connectivity index (χ0v) is 13.6. The first kappa shape index (κ1) is 14.2. The molecule has 0 unspecified atom stereocenters. The van der Waals surface area contributed by atoms with E-state index < -0.39 is 0 Å². The number of carbonyl (C=O) groups excluding carboxylic acids is 1. The van der Waals surface area contributed by atoms with Crippen LogP contribution in [0.4, 0.5) is 5.69 Å². The number of hydrogen-bond acceptors (Lipinski definition) is 5. The van der Waals surface area contributed by atoms with Gasteiger partial charge in [-0.05, 0) is 31.2 Å². The molecule has 0 saturated carbocycles. The molecule has 0 saturated heterocycles. The Kier molecular flexibility index (Phi) is 3.98. The molecular formula is C13H12BrN5OS. The smallest absolute Gasteiger partial charge is 0.234 e. The fourth-order valence-electron chi connectivity index (χ4n) is 1.83. The van der Waals surface area contributed by atoms with Gasteiger partial charge in [-0.2, -0.15) is 9.61 Å². The van der Waals surface area contributed by atoms with E-state index in [4.69, 9.17) is 0 Å². The number of halogens is 1. The van der Waals surface area contributed by atoms with Crippen molar-refractivity contribution >= 4 is 43.8 Å². The lowest BCUT2D eigenvalue weighted by Crippen LogP contribution is -2.12. The molecule has 0 atom stereocenters. The normalized spacial score (nSPS) is 11.0. The fraction of sp³-hybridized carbons (Fsp3) is 0.231. The lowest BCUT2D eigenvalue weighted by atomic mass is 10.2. The second-order valence-corrected chi connectivity index (χ2v) is 6.45. The number of aromatic nitrogens is 4. The number of carbonyl (C=O) groups is 1. The van der Waals surface area contributed by atoms with Gasteiger partial charge in [0.15, 0.2) is 5.82 Å². The molecule has 0 aliphatic carbocycles. The third-order valence-corrected chi connectivity index (χ3v) is 4.37. The molecule has 6 nitrogen and oxygen atoms in total. The quantitative estimate of drug-likeness (QED) is 0.771. The third kappa shape index (κ3) is 3.27. The molecule has 0 spiro atoms. The van der Waals surface area contributed by atoms with Gasteiger partial charge >= 0.3 is 0 Å². The first-order valence-corrected chi connectivity index (χ1v) is 7.96. The van der Waals surface area contributed by atoms with Crippen LogP contribution in [0.15, 0.2) is 28.7 Å². The molecule has 2 aromatic heterocycles. The Hall–Kier alpha value is -1.80. The maximum atomic E-state index is 11.9. The van der Waals surface area contributed by atoms with E-state index >= 15 is 0 Å². The van der Waals surface area contributed by atoms with Crippen LogP contribution < -0.4 is 5.32 Å². The maximum absolute atomic E-state index is 11.9. The molecule has 1 amide bonds. The van der Waals surface area contributed by atoms with Gasteiger partial charge in [-0.1, -0.05) is 27.3 Å². The van der Waals surface area contributed by atoms with Crippen molar-refractivity contribution in [1.29, 1.82) is 0 Å². The molecule has 0 aliphatic rings. The van der Waals surface area contributed by atoms with Gasteiger partial charge in [-0.3, -0.25) is 4.79 Å². The van der Waals surface area contributed by atoms with Crippen LogP contribution in [-0.2, 0) is 11.2 Å². The van der Waals surface area contributed by atoms with Crippen LogP contribution in [0.2, 0.25) is 0 Å². The van der Waals surface area contributed by atoms with E-state index in [0.717, 1.165) is 26.0 Å². The Morgan fingerprint density at radius 3 is 2.81 bits per heavy atom. The minimum atomic E-state index is -0.0278. The molecule has 1 N–H and O–H groups in total. The van der Waals surface area contributed by atoms with Gasteiger partial charge in [-0.25, -0.2) is 0 Å². The van der Waals surface area contributed by atoms with Gasteiger partial charge in [0.25, 0.3) is 0 Å². The van der Waals surface area contributed by atoms with Gasteiger partial charge in [-0.15, -0.1) is 10.2 Å². The second kappa shape index (κ2) is 5.90. The van der Waals surface area contributed by atoms with E-state index in [1.54, 1.807) is 4.52 Å². The summed E-state index contributed by atoms with van der Waals surface area (Å²) < 4.78 is 2.68. The summed E-state index contributed by atoms with van der Waals surface area (Å²) in [6.07, 6.45) is 0.981. The van der Waals surface area contributed by atoms with Gasteiger partial charge < -0.3 is 5.32 Å². The summed E-state index contributed by atoms with van der Waals surface area (Å²) in [6.45, 7) is 1.85. The van der Waals surface area contributed by atoms with E-state index in [1.165, 1.54) is 11.3 Å². The predicted octanol–water partition coefficient (Wildman–Crippen LogP) is 2.83. The van der Waals surface area contributed by atoms with E-state index in [-0.39, 0.29) is 5.91 Å². The predicted molar refractivity (Wildman–Crippen MR) is 84.5 cm³/mol. The zero-order chi connectivity index (χ0) is 14.8. The number of nitrogens with zero attached hydrogens (tertiary/aromatic N) is 4. The lowest BCUT2D eigenvalue weighted by molar-refractivity contribution is -0.116. The molecule has 0 bridgehead atoms. The summed E-state index contributed by atoms with van der Waals surface area (Å²) in [6, 6.07) is 7.49. The van der Waals surface area contributed by atoms with Crippen molar-refractivity contribution in [3.8, 4) is 0 Å². The van der Waals surface area contributed by atoms with Gasteiger partial charge in [0, 0.05) is 23.0 Å². The minimum absolute atomic E-state index is 0.0278. The highest BCUT2D eigenvalue weighted by molar-refractivity contribution is 9.10.